The van der Waals surface area contributed by atoms with E-state index in [1.807, 2.05) is 11.3 Å². The molecule has 0 saturated heterocycles. The van der Waals surface area contributed by atoms with Crippen LogP contribution in [0, 0.1) is 19.8 Å². The van der Waals surface area contributed by atoms with Gasteiger partial charge in [-0.2, -0.15) is 0 Å². The van der Waals surface area contributed by atoms with Crippen molar-refractivity contribution in [3.8, 4) is 0 Å². The average molecular weight is 240 g/mol. The van der Waals surface area contributed by atoms with Crippen molar-refractivity contribution < 1.29 is 0 Å². The Bertz CT molecular complexity index is 298. The molecule has 2 nitrogen and oxygen atoms in total. The van der Waals surface area contributed by atoms with Gasteiger partial charge in [0.25, 0.3) is 0 Å². The zero-order valence-corrected chi connectivity index (χ0v) is 11.9. The molecule has 1 N–H and O–H groups in total. The third kappa shape index (κ3) is 3.87. The number of thiazole rings is 1. The molecule has 1 aromatic rings. The maximum absolute atomic E-state index is 4.67. The van der Waals surface area contributed by atoms with E-state index < -0.39 is 0 Å². The molecule has 0 aliphatic carbocycles. The molecule has 0 fully saturated rings. The van der Waals surface area contributed by atoms with Crippen molar-refractivity contribution in [2.24, 2.45) is 5.92 Å². The quantitative estimate of drug-likeness (QED) is 0.817. The number of hydrogen-bond acceptors (Lipinski definition) is 3. The van der Waals surface area contributed by atoms with Crippen LogP contribution in [-0.4, -0.2) is 11.5 Å². The molecular weight excluding hydrogens is 216 g/mol. The molecule has 16 heavy (non-hydrogen) atoms. The van der Waals surface area contributed by atoms with Crippen molar-refractivity contribution >= 4 is 11.3 Å². The minimum atomic E-state index is 0.442. The fourth-order valence-corrected chi connectivity index (χ4v) is 2.72. The summed E-state index contributed by atoms with van der Waals surface area (Å²) in [5, 5.41) is 4.87. The summed E-state index contributed by atoms with van der Waals surface area (Å²) < 4.78 is 0. The second-order valence-electron chi connectivity index (χ2n) is 4.83. The summed E-state index contributed by atoms with van der Waals surface area (Å²) in [4.78, 5) is 6.02. The molecule has 0 aliphatic rings. The Morgan fingerprint density at radius 1 is 1.31 bits per heavy atom. The first kappa shape index (κ1) is 13.7. The highest BCUT2D eigenvalue weighted by atomic mass is 32.1. The average Bonchev–Trinajstić information content (AvgIpc) is 2.53. The van der Waals surface area contributed by atoms with Crippen LogP contribution in [0.1, 0.15) is 55.2 Å². The molecule has 1 rings (SSSR count). The van der Waals surface area contributed by atoms with Crippen LogP contribution in [0.5, 0.6) is 0 Å². The summed E-state index contributed by atoms with van der Waals surface area (Å²) in [6.07, 6.45) is 2.35. The van der Waals surface area contributed by atoms with Gasteiger partial charge >= 0.3 is 0 Å². The van der Waals surface area contributed by atoms with Crippen LogP contribution < -0.4 is 5.32 Å². The third-order valence-electron chi connectivity index (χ3n) is 2.69. The van der Waals surface area contributed by atoms with E-state index in [-0.39, 0.29) is 0 Å². The maximum Gasteiger partial charge on any atom is 0.110 e. The van der Waals surface area contributed by atoms with E-state index in [1.165, 1.54) is 28.4 Å². The van der Waals surface area contributed by atoms with Gasteiger partial charge in [-0.15, -0.1) is 11.3 Å². The molecule has 92 valence electrons. The fraction of sp³-hybridized carbons (Fsp3) is 0.769. The van der Waals surface area contributed by atoms with Crippen molar-refractivity contribution in [2.45, 2.75) is 53.5 Å². The summed E-state index contributed by atoms with van der Waals surface area (Å²) in [7, 11) is 0. The lowest BCUT2D eigenvalue weighted by Gasteiger charge is -2.18. The SMILES string of the molecule is CCCNC(CC(C)C)c1nc(C)c(C)s1. The van der Waals surface area contributed by atoms with Crippen molar-refractivity contribution in [1.29, 1.82) is 0 Å². The van der Waals surface area contributed by atoms with Gasteiger partial charge in [0.05, 0.1) is 11.7 Å². The van der Waals surface area contributed by atoms with Gasteiger partial charge in [-0.3, -0.25) is 0 Å². The van der Waals surface area contributed by atoms with Gasteiger partial charge in [-0.25, -0.2) is 4.98 Å². The van der Waals surface area contributed by atoms with Crippen molar-refractivity contribution in [1.82, 2.24) is 10.3 Å². The Hall–Kier alpha value is -0.410. The van der Waals surface area contributed by atoms with E-state index in [9.17, 15) is 0 Å². The van der Waals surface area contributed by atoms with Crippen molar-refractivity contribution in [3.63, 3.8) is 0 Å². The van der Waals surface area contributed by atoms with Crippen molar-refractivity contribution in [2.75, 3.05) is 6.54 Å². The van der Waals surface area contributed by atoms with Crippen molar-refractivity contribution in [3.05, 3.63) is 15.6 Å². The highest BCUT2D eigenvalue weighted by Crippen LogP contribution is 2.27. The molecule has 1 heterocycles. The minimum Gasteiger partial charge on any atom is -0.308 e. The van der Waals surface area contributed by atoms with Gasteiger partial charge in [-0.1, -0.05) is 20.8 Å². The monoisotopic (exact) mass is 240 g/mol. The first-order valence-electron chi connectivity index (χ1n) is 6.21. The molecule has 0 amide bonds. The smallest absolute Gasteiger partial charge is 0.110 e. The minimum absolute atomic E-state index is 0.442. The Morgan fingerprint density at radius 3 is 2.44 bits per heavy atom. The first-order chi connectivity index (χ1) is 7.54. The first-order valence-corrected chi connectivity index (χ1v) is 7.03. The van der Waals surface area contributed by atoms with E-state index in [4.69, 9.17) is 0 Å². The summed E-state index contributed by atoms with van der Waals surface area (Å²) in [6.45, 7) is 12.1. The van der Waals surface area contributed by atoms with Crippen LogP contribution in [0.15, 0.2) is 0 Å². The molecule has 0 saturated carbocycles. The lowest BCUT2D eigenvalue weighted by molar-refractivity contribution is 0.428. The number of rotatable bonds is 6. The van der Waals surface area contributed by atoms with Crippen LogP contribution >= 0.6 is 11.3 Å². The van der Waals surface area contributed by atoms with Crippen LogP contribution in [0.2, 0.25) is 0 Å². The lowest BCUT2D eigenvalue weighted by Crippen LogP contribution is -2.23. The summed E-state index contributed by atoms with van der Waals surface area (Å²) in [5.41, 5.74) is 1.19. The zero-order chi connectivity index (χ0) is 12.1. The molecule has 1 aromatic heterocycles. The van der Waals surface area contributed by atoms with E-state index in [0.717, 1.165) is 6.54 Å². The molecule has 3 heteroatoms. The second kappa shape index (κ2) is 6.36. The number of aromatic nitrogens is 1. The summed E-state index contributed by atoms with van der Waals surface area (Å²) in [5.74, 6) is 0.707. The molecule has 0 aromatic carbocycles. The van der Waals surface area contributed by atoms with Crippen LogP contribution in [0.3, 0.4) is 0 Å². The molecule has 0 spiro atoms. The van der Waals surface area contributed by atoms with E-state index in [0.29, 0.717) is 12.0 Å². The molecule has 0 radical (unpaired) electrons. The number of nitrogens with zero attached hydrogens (tertiary/aromatic N) is 1. The lowest BCUT2D eigenvalue weighted by atomic mass is 10.0. The molecule has 0 aliphatic heterocycles. The van der Waals surface area contributed by atoms with E-state index >= 15 is 0 Å². The van der Waals surface area contributed by atoms with Gasteiger partial charge in [0.15, 0.2) is 0 Å². The van der Waals surface area contributed by atoms with E-state index in [1.54, 1.807) is 0 Å². The van der Waals surface area contributed by atoms with Crippen LogP contribution in [0.25, 0.3) is 0 Å². The maximum atomic E-state index is 4.67. The van der Waals surface area contributed by atoms with Gasteiger partial charge in [0.1, 0.15) is 5.01 Å². The van der Waals surface area contributed by atoms with Gasteiger partial charge < -0.3 is 5.32 Å². The van der Waals surface area contributed by atoms with Gasteiger partial charge in [0.2, 0.25) is 0 Å². The zero-order valence-electron chi connectivity index (χ0n) is 11.1. The molecule has 1 unspecified atom stereocenters. The summed E-state index contributed by atoms with van der Waals surface area (Å²) >= 11 is 1.84. The fourth-order valence-electron chi connectivity index (χ4n) is 1.71. The predicted octanol–water partition coefficient (Wildman–Crippen LogP) is 3.85. The predicted molar refractivity (Wildman–Crippen MR) is 72.1 cm³/mol. The number of nitrogens with one attached hydrogen (secondary N) is 1. The normalized spacial score (nSPS) is 13.4. The third-order valence-corrected chi connectivity index (χ3v) is 3.88. The van der Waals surface area contributed by atoms with Gasteiger partial charge in [0, 0.05) is 4.88 Å². The van der Waals surface area contributed by atoms with E-state index in [2.05, 4.69) is 44.9 Å². The largest absolute Gasteiger partial charge is 0.308 e. The Kier molecular flexibility index (Phi) is 5.42. The highest BCUT2D eigenvalue weighted by Gasteiger charge is 2.16. The molecule has 1 atom stereocenters. The second-order valence-corrected chi connectivity index (χ2v) is 6.06. The standard InChI is InChI=1S/C13H24N2S/c1-6-7-14-12(8-9(2)3)13-15-10(4)11(5)16-13/h9,12,14H,6-8H2,1-5H3. The topological polar surface area (TPSA) is 24.9 Å². The van der Waals surface area contributed by atoms with Crippen LogP contribution in [0.4, 0.5) is 0 Å². The van der Waals surface area contributed by atoms with Crippen LogP contribution in [-0.2, 0) is 0 Å². The number of hydrogen-bond donors (Lipinski definition) is 1. The van der Waals surface area contributed by atoms with Gasteiger partial charge in [-0.05, 0) is 39.2 Å². The Balaban J connectivity index is 2.74. The molecular formula is C13H24N2S. The highest BCUT2D eigenvalue weighted by molar-refractivity contribution is 7.11. The number of aryl methyl sites for hydroxylation is 2. The molecule has 0 bridgehead atoms. The summed E-state index contributed by atoms with van der Waals surface area (Å²) in [6, 6.07) is 0.442. The Labute approximate surface area is 103 Å². The Morgan fingerprint density at radius 2 is 2.00 bits per heavy atom.